The van der Waals surface area contributed by atoms with Crippen LogP contribution in [0.25, 0.3) is 23.3 Å². The van der Waals surface area contributed by atoms with Crippen LogP contribution in [0.3, 0.4) is 0 Å². The van der Waals surface area contributed by atoms with Gasteiger partial charge in [-0.1, -0.05) is 62.2 Å². The highest BCUT2D eigenvalue weighted by atomic mass is 16.5. The molecule has 0 heterocycles. The predicted octanol–water partition coefficient (Wildman–Crippen LogP) is 6.53. The van der Waals surface area contributed by atoms with Gasteiger partial charge >= 0.3 is 17.9 Å². The second kappa shape index (κ2) is 16.3. The molecule has 0 saturated carbocycles. The lowest BCUT2D eigenvalue weighted by atomic mass is 10.0. The van der Waals surface area contributed by atoms with Crippen molar-refractivity contribution in [1.29, 1.82) is 0 Å². The van der Waals surface area contributed by atoms with E-state index in [-0.39, 0.29) is 29.5 Å². The van der Waals surface area contributed by atoms with Crippen LogP contribution in [0.5, 0.6) is 23.0 Å². The topological polar surface area (TPSA) is 105 Å². The van der Waals surface area contributed by atoms with Crippen molar-refractivity contribution in [3.05, 3.63) is 122 Å². The van der Waals surface area contributed by atoms with Crippen LogP contribution in [-0.4, -0.2) is 24.4 Å². The summed E-state index contributed by atoms with van der Waals surface area (Å²) in [6, 6.07) is 16.6. The van der Waals surface area contributed by atoms with E-state index in [1.807, 2.05) is 37.3 Å². The van der Waals surface area contributed by atoms with Crippen molar-refractivity contribution in [1.82, 2.24) is 0 Å². The van der Waals surface area contributed by atoms with Gasteiger partial charge in [0.05, 0.1) is 0 Å². The fourth-order valence-corrected chi connectivity index (χ4v) is 3.18. The molecule has 0 fully saturated rings. The van der Waals surface area contributed by atoms with Gasteiger partial charge < -0.3 is 18.9 Å². The predicted molar refractivity (Wildman–Crippen MR) is 157 cm³/mol. The second-order valence-corrected chi connectivity index (χ2v) is 7.88. The van der Waals surface area contributed by atoms with Crippen LogP contribution in [0.2, 0.25) is 0 Å². The van der Waals surface area contributed by atoms with Gasteiger partial charge in [-0.25, -0.2) is 14.4 Å². The van der Waals surface area contributed by atoms with Gasteiger partial charge in [-0.3, -0.25) is 4.79 Å². The molecule has 208 valence electrons. The van der Waals surface area contributed by atoms with Crippen molar-refractivity contribution >= 4 is 36.5 Å². The lowest BCUT2D eigenvalue weighted by Gasteiger charge is -2.10. The molecule has 0 aliphatic heterocycles. The maximum absolute atomic E-state index is 11.7. The fourth-order valence-electron chi connectivity index (χ4n) is 3.18. The van der Waals surface area contributed by atoms with Crippen LogP contribution in [0.4, 0.5) is 0 Å². The molecule has 0 aliphatic rings. The quantitative estimate of drug-likeness (QED) is 0.0661. The van der Waals surface area contributed by atoms with E-state index in [9.17, 15) is 19.2 Å². The van der Waals surface area contributed by atoms with Crippen LogP contribution < -0.4 is 18.9 Å². The van der Waals surface area contributed by atoms with E-state index in [4.69, 9.17) is 18.9 Å². The number of carbonyl (C=O) groups excluding carboxylic acids is 4. The van der Waals surface area contributed by atoms with Crippen molar-refractivity contribution in [2.24, 2.45) is 0 Å². The smallest absolute Gasteiger partial charge is 0.335 e. The minimum Gasteiger partial charge on any atom is -0.429 e. The number of hydrogen-bond donors (Lipinski definition) is 0. The van der Waals surface area contributed by atoms with E-state index in [0.717, 1.165) is 29.4 Å². The van der Waals surface area contributed by atoms with Crippen molar-refractivity contribution < 1.29 is 38.1 Å². The zero-order valence-electron chi connectivity index (χ0n) is 22.4. The highest BCUT2D eigenvalue weighted by molar-refractivity contribution is 5.86. The number of rotatable bonds is 11. The largest absolute Gasteiger partial charge is 0.429 e. The summed E-state index contributed by atoms with van der Waals surface area (Å²) in [5.74, 6) is -1.22. The maximum Gasteiger partial charge on any atom is 0.335 e. The summed E-state index contributed by atoms with van der Waals surface area (Å²) in [6.45, 7) is 15.6. The van der Waals surface area contributed by atoms with E-state index < -0.39 is 17.9 Å². The zero-order valence-corrected chi connectivity index (χ0v) is 22.4. The van der Waals surface area contributed by atoms with Gasteiger partial charge in [0.25, 0.3) is 6.47 Å². The summed E-state index contributed by atoms with van der Waals surface area (Å²) >= 11 is 0. The normalized spacial score (nSPS) is 9.78. The number of hydrogen-bond acceptors (Lipinski definition) is 8. The van der Waals surface area contributed by atoms with E-state index in [0.29, 0.717) is 11.1 Å². The molecular weight excluding hydrogens is 524 g/mol. The van der Waals surface area contributed by atoms with Gasteiger partial charge in [-0.15, -0.1) is 6.58 Å². The van der Waals surface area contributed by atoms with Gasteiger partial charge in [0, 0.05) is 30.4 Å². The molecule has 3 aromatic carbocycles. The number of carbonyl (C=O) groups is 4. The van der Waals surface area contributed by atoms with Gasteiger partial charge in [0.1, 0.15) is 23.0 Å². The molecule has 3 aromatic rings. The molecule has 8 heteroatoms. The number of allylic oxidation sites excluding steroid dienone is 1. The maximum atomic E-state index is 11.7. The van der Waals surface area contributed by atoms with Gasteiger partial charge in [0.15, 0.2) is 0 Å². The summed E-state index contributed by atoms with van der Waals surface area (Å²) in [5, 5.41) is 0. The molecule has 0 bridgehead atoms. The molecule has 0 unspecified atom stereocenters. The molecule has 0 atom stereocenters. The van der Waals surface area contributed by atoms with Crippen LogP contribution >= 0.6 is 0 Å². The summed E-state index contributed by atoms with van der Waals surface area (Å²) in [4.78, 5) is 45.6. The lowest BCUT2D eigenvalue weighted by Crippen LogP contribution is -2.06. The Bertz CT molecular complexity index is 1440. The van der Waals surface area contributed by atoms with E-state index in [1.165, 1.54) is 12.1 Å². The third-order valence-electron chi connectivity index (χ3n) is 4.83. The third-order valence-corrected chi connectivity index (χ3v) is 4.83. The number of benzene rings is 3. The Hall–Kier alpha value is -5.76. The highest BCUT2D eigenvalue weighted by Crippen LogP contribution is 2.31. The molecule has 0 saturated heterocycles. The molecule has 0 aliphatic carbocycles. The molecule has 0 amide bonds. The summed E-state index contributed by atoms with van der Waals surface area (Å²) in [6.07, 6.45) is 8.38. The second-order valence-electron chi connectivity index (χ2n) is 7.88. The Morgan fingerprint density at radius 1 is 0.585 bits per heavy atom. The minimum absolute atomic E-state index is 0.175. The number of esters is 3. The monoisotopic (exact) mass is 552 g/mol. The minimum atomic E-state index is -0.659. The molecule has 0 aromatic heterocycles. The lowest BCUT2D eigenvalue weighted by molar-refractivity contribution is -0.130. The van der Waals surface area contributed by atoms with Gasteiger partial charge in [-0.05, 0) is 53.4 Å². The Morgan fingerprint density at radius 3 is 1.46 bits per heavy atom. The van der Waals surface area contributed by atoms with E-state index in [2.05, 4.69) is 26.3 Å². The first-order valence-corrected chi connectivity index (χ1v) is 12.0. The third kappa shape index (κ3) is 10.5. The Morgan fingerprint density at radius 2 is 1.00 bits per heavy atom. The van der Waals surface area contributed by atoms with Crippen LogP contribution in [-0.2, 0) is 19.2 Å². The fraction of sp³-hybridized carbons (Fsp3) is 0.0303. The Balaban J connectivity index is 0.00000187. The van der Waals surface area contributed by atoms with E-state index in [1.54, 1.807) is 36.4 Å². The first-order valence-electron chi connectivity index (χ1n) is 12.0. The number of ether oxygens (including phenoxy) is 4. The highest BCUT2D eigenvalue weighted by Gasteiger charge is 2.10. The summed E-state index contributed by atoms with van der Waals surface area (Å²) in [7, 11) is 0. The first-order chi connectivity index (χ1) is 19.7. The molecule has 0 N–H and O–H groups in total. The average molecular weight is 553 g/mol. The van der Waals surface area contributed by atoms with Gasteiger partial charge in [-0.2, -0.15) is 0 Å². The molecule has 0 spiro atoms. The van der Waals surface area contributed by atoms with Crippen molar-refractivity contribution in [2.75, 3.05) is 0 Å². The van der Waals surface area contributed by atoms with Crippen molar-refractivity contribution in [3.8, 4) is 34.1 Å². The molecule has 8 nitrogen and oxygen atoms in total. The standard InChI is InChI=1S/C30H22O8.C3H6/c1-4-28(32)36-25-14-21(13-24(17-25)35-19-31)8-7-20-9-11-22(12-10-20)23-15-26(37-29(33)5-2)18-27(16-23)38-30(34)6-3;1-3-2/h4-19H,1-3H2;3H,1H2,2H3/b8-7+;. The summed E-state index contributed by atoms with van der Waals surface area (Å²) < 4.78 is 20.4. The first kappa shape index (κ1) is 31.5. The molecule has 3 rings (SSSR count). The van der Waals surface area contributed by atoms with Crippen molar-refractivity contribution in [2.45, 2.75) is 6.92 Å². The molecule has 0 radical (unpaired) electrons. The Labute approximate surface area is 238 Å². The SMILES string of the molecule is C=CC.C=CC(=O)Oc1cc(/C=C/c2ccc(-c3cc(OC(=O)C=C)cc(OC(=O)C=C)c3)cc2)cc(OC=O)c1. The van der Waals surface area contributed by atoms with Crippen LogP contribution in [0, 0.1) is 0 Å². The van der Waals surface area contributed by atoms with Gasteiger partial charge in [0.2, 0.25) is 0 Å². The average Bonchev–Trinajstić information content (AvgIpc) is 2.96. The molecule has 41 heavy (non-hydrogen) atoms. The van der Waals surface area contributed by atoms with E-state index >= 15 is 0 Å². The Kier molecular flexibility index (Phi) is 12.5. The van der Waals surface area contributed by atoms with Crippen molar-refractivity contribution in [3.63, 3.8) is 0 Å². The molecular formula is C33H28O8. The van der Waals surface area contributed by atoms with Crippen LogP contribution in [0.15, 0.2) is 111 Å². The summed E-state index contributed by atoms with van der Waals surface area (Å²) in [5.41, 5.74) is 2.84. The van der Waals surface area contributed by atoms with Crippen LogP contribution in [0.1, 0.15) is 18.1 Å². The zero-order chi connectivity index (χ0) is 30.2.